The molecular weight excluding hydrogens is 500 g/mol. The topological polar surface area (TPSA) is 72.8 Å². The number of carbonyl (C=O) groups excluding carboxylic acids is 2. The van der Waals surface area contributed by atoms with Gasteiger partial charge in [-0.2, -0.15) is 0 Å². The number of aryl methyl sites for hydroxylation is 1. The van der Waals surface area contributed by atoms with Crippen LogP contribution in [0.2, 0.25) is 0 Å². The number of hydrogen-bond donors (Lipinski definition) is 1. The molecule has 5 nitrogen and oxygen atoms in total. The normalized spacial score (nSPS) is 18.4. The quantitative estimate of drug-likeness (QED) is 0.150. The Morgan fingerprint density at radius 1 is 0.875 bits per heavy atom. The number of ether oxygens (including phenoxy) is 2. The number of carbonyl (C=O) groups is 2. The Morgan fingerprint density at radius 2 is 1.43 bits per heavy atom. The van der Waals surface area contributed by atoms with Crippen LogP contribution < -0.4 is 0 Å². The summed E-state index contributed by atoms with van der Waals surface area (Å²) in [5.41, 5.74) is 5.02. The maximum absolute atomic E-state index is 12.2. The molecule has 0 aliphatic heterocycles. The van der Waals surface area contributed by atoms with Gasteiger partial charge in [-0.25, -0.2) is 9.59 Å². The minimum Gasteiger partial charge on any atom is -0.462 e. The van der Waals surface area contributed by atoms with E-state index in [4.69, 9.17) is 9.47 Å². The van der Waals surface area contributed by atoms with E-state index in [-0.39, 0.29) is 24.7 Å². The fourth-order valence-electron chi connectivity index (χ4n) is 5.54. The molecule has 0 saturated heterocycles. The van der Waals surface area contributed by atoms with Gasteiger partial charge in [-0.15, -0.1) is 0 Å². The van der Waals surface area contributed by atoms with E-state index in [1.54, 1.807) is 6.92 Å². The summed E-state index contributed by atoms with van der Waals surface area (Å²) in [6.45, 7) is 12.8. The zero-order chi connectivity index (χ0) is 29.1. The van der Waals surface area contributed by atoms with E-state index in [0.29, 0.717) is 11.5 Å². The van der Waals surface area contributed by atoms with Gasteiger partial charge in [-0.05, 0) is 79.5 Å². The van der Waals surface area contributed by atoms with Crippen molar-refractivity contribution in [3.05, 3.63) is 84.0 Å². The van der Waals surface area contributed by atoms with Crippen LogP contribution in [0.1, 0.15) is 82.8 Å². The van der Waals surface area contributed by atoms with E-state index in [1.165, 1.54) is 41.5 Å². The van der Waals surface area contributed by atoms with Crippen LogP contribution in [0.3, 0.4) is 0 Å². The summed E-state index contributed by atoms with van der Waals surface area (Å²) in [4.78, 5) is 24.3. The lowest BCUT2D eigenvalue weighted by molar-refractivity contribution is -0.152. The zero-order valence-corrected chi connectivity index (χ0v) is 24.5. The van der Waals surface area contributed by atoms with Crippen LogP contribution in [0.5, 0.6) is 0 Å². The average molecular weight is 547 g/mol. The number of unbranched alkanes of at least 4 members (excludes halogenated alkanes) is 2. The zero-order valence-electron chi connectivity index (χ0n) is 24.5. The Labute approximate surface area is 240 Å². The van der Waals surface area contributed by atoms with Gasteiger partial charge in [-0.3, -0.25) is 0 Å². The van der Waals surface area contributed by atoms with Gasteiger partial charge in [0.25, 0.3) is 0 Å². The van der Waals surface area contributed by atoms with Crippen LogP contribution in [-0.4, -0.2) is 36.9 Å². The second kappa shape index (κ2) is 15.0. The van der Waals surface area contributed by atoms with E-state index in [1.807, 2.05) is 6.92 Å². The Balaban J connectivity index is 1.61. The van der Waals surface area contributed by atoms with Gasteiger partial charge in [0.1, 0.15) is 13.2 Å². The van der Waals surface area contributed by atoms with Gasteiger partial charge < -0.3 is 14.6 Å². The summed E-state index contributed by atoms with van der Waals surface area (Å²) in [6.07, 6.45) is 8.81. The maximum Gasteiger partial charge on any atom is 0.335 e. The Bertz CT molecular complexity index is 1140. The van der Waals surface area contributed by atoms with Crippen LogP contribution in [0, 0.1) is 11.3 Å². The first kappa shape index (κ1) is 31.3. The van der Waals surface area contributed by atoms with E-state index in [2.05, 4.69) is 68.6 Å². The second-order valence-electron chi connectivity index (χ2n) is 11.7. The van der Waals surface area contributed by atoms with Crippen molar-refractivity contribution in [3.8, 4) is 11.1 Å². The second-order valence-corrected chi connectivity index (χ2v) is 11.7. The molecule has 2 aromatic carbocycles. The molecule has 3 rings (SSSR count). The van der Waals surface area contributed by atoms with Gasteiger partial charge in [0.2, 0.25) is 0 Å². The van der Waals surface area contributed by atoms with Crippen molar-refractivity contribution in [2.75, 3.05) is 19.8 Å². The summed E-state index contributed by atoms with van der Waals surface area (Å²) in [6, 6.07) is 17.9. The molecule has 0 radical (unpaired) electrons. The average Bonchev–Trinajstić information content (AvgIpc) is 2.98. The van der Waals surface area contributed by atoms with Crippen LogP contribution in [0.25, 0.3) is 11.1 Å². The number of esters is 2. The van der Waals surface area contributed by atoms with Crippen molar-refractivity contribution in [3.63, 3.8) is 0 Å². The van der Waals surface area contributed by atoms with Crippen molar-refractivity contribution < 1.29 is 24.2 Å². The Hall–Kier alpha value is -3.18. The predicted octanol–water partition coefficient (Wildman–Crippen LogP) is 7.58. The number of aliphatic hydroxyl groups is 1. The maximum atomic E-state index is 12.2. The standard InChI is InChI=1S/C35H46O5/c1-6-7-8-9-27-10-12-28(13-11-27)29-14-16-30(17-15-29)31-18-20-32(21-19-31)35(5,23-39-33(37)25(2)3)24-40-34(38)26(4)22-36/h10-17,31-32,36H,2,4,6-9,18-24H2,1,3,5H3. The lowest BCUT2D eigenvalue weighted by Crippen LogP contribution is -2.40. The first-order valence-corrected chi connectivity index (χ1v) is 14.6. The monoisotopic (exact) mass is 546 g/mol. The van der Waals surface area contributed by atoms with E-state index in [0.717, 1.165) is 32.1 Å². The highest BCUT2D eigenvalue weighted by Gasteiger charge is 2.39. The molecule has 0 amide bonds. The smallest absolute Gasteiger partial charge is 0.335 e. The highest BCUT2D eigenvalue weighted by Crippen LogP contribution is 2.44. The molecule has 1 saturated carbocycles. The molecule has 2 aromatic rings. The Morgan fingerprint density at radius 3 is 1.95 bits per heavy atom. The lowest BCUT2D eigenvalue weighted by Gasteiger charge is -2.41. The molecule has 216 valence electrons. The minimum atomic E-state index is -0.625. The summed E-state index contributed by atoms with van der Waals surface area (Å²) < 4.78 is 11.0. The van der Waals surface area contributed by atoms with Gasteiger partial charge in [0.05, 0.1) is 12.2 Å². The number of rotatable bonds is 14. The molecule has 40 heavy (non-hydrogen) atoms. The summed E-state index contributed by atoms with van der Waals surface area (Å²) in [5, 5.41) is 9.21. The van der Waals surface area contributed by atoms with E-state index >= 15 is 0 Å². The molecular formula is C35H46O5. The highest BCUT2D eigenvalue weighted by molar-refractivity contribution is 5.88. The molecule has 0 aromatic heterocycles. The van der Waals surface area contributed by atoms with Crippen LogP contribution in [0.4, 0.5) is 0 Å². The predicted molar refractivity (Wildman–Crippen MR) is 161 cm³/mol. The van der Waals surface area contributed by atoms with E-state index in [9.17, 15) is 14.7 Å². The third-order valence-electron chi connectivity index (χ3n) is 8.35. The van der Waals surface area contributed by atoms with Crippen molar-refractivity contribution in [1.29, 1.82) is 0 Å². The number of benzene rings is 2. The third-order valence-corrected chi connectivity index (χ3v) is 8.35. The third kappa shape index (κ3) is 8.66. The fraction of sp³-hybridized carbons (Fsp3) is 0.486. The number of hydrogen-bond acceptors (Lipinski definition) is 5. The molecule has 1 aliphatic rings. The summed E-state index contributed by atoms with van der Waals surface area (Å²) >= 11 is 0. The van der Waals surface area contributed by atoms with Crippen LogP contribution >= 0.6 is 0 Å². The molecule has 5 heteroatoms. The van der Waals surface area contributed by atoms with Crippen LogP contribution in [0.15, 0.2) is 72.8 Å². The van der Waals surface area contributed by atoms with Gasteiger partial charge in [-0.1, -0.05) is 88.4 Å². The molecule has 0 heterocycles. The SMILES string of the molecule is C=C(C)C(=O)OCC(C)(COC(=O)C(=C)CO)C1CCC(c2ccc(-c3ccc(CCCCC)cc3)cc2)CC1. The lowest BCUT2D eigenvalue weighted by atomic mass is 9.67. The van der Waals surface area contributed by atoms with Crippen molar-refractivity contribution in [2.45, 2.75) is 78.1 Å². The van der Waals surface area contributed by atoms with Gasteiger partial charge >= 0.3 is 11.9 Å². The van der Waals surface area contributed by atoms with Gasteiger partial charge in [0, 0.05) is 11.0 Å². The van der Waals surface area contributed by atoms with Crippen molar-refractivity contribution >= 4 is 11.9 Å². The highest BCUT2D eigenvalue weighted by atomic mass is 16.5. The van der Waals surface area contributed by atoms with E-state index < -0.39 is 24.0 Å². The molecule has 1 fully saturated rings. The molecule has 0 bridgehead atoms. The summed E-state index contributed by atoms with van der Waals surface area (Å²) in [7, 11) is 0. The van der Waals surface area contributed by atoms with Crippen LogP contribution in [-0.2, 0) is 25.5 Å². The van der Waals surface area contributed by atoms with Crippen molar-refractivity contribution in [2.24, 2.45) is 11.3 Å². The first-order chi connectivity index (χ1) is 19.2. The molecule has 1 N–H and O–H groups in total. The minimum absolute atomic E-state index is 0.0105. The largest absolute Gasteiger partial charge is 0.462 e. The van der Waals surface area contributed by atoms with Gasteiger partial charge in [0.15, 0.2) is 0 Å². The Kier molecular flexibility index (Phi) is 11.8. The van der Waals surface area contributed by atoms with Crippen molar-refractivity contribution in [1.82, 2.24) is 0 Å². The summed E-state index contributed by atoms with van der Waals surface area (Å²) in [5.74, 6) is -0.394. The molecule has 1 aliphatic carbocycles. The molecule has 0 spiro atoms. The molecule has 1 unspecified atom stereocenters. The fourth-order valence-corrected chi connectivity index (χ4v) is 5.54. The molecule has 1 atom stereocenters. The number of aliphatic hydroxyl groups excluding tert-OH is 1. The first-order valence-electron chi connectivity index (χ1n) is 14.6.